The van der Waals surface area contributed by atoms with Crippen LogP contribution in [-0.2, 0) is 11.3 Å². The zero-order valence-electron chi connectivity index (χ0n) is 11.5. The van der Waals surface area contributed by atoms with Crippen molar-refractivity contribution in [3.05, 3.63) is 23.8 Å². The smallest absolute Gasteiger partial charge is 0.201 e. The molecule has 1 aliphatic heterocycles. The number of anilines is 1. The predicted molar refractivity (Wildman–Crippen MR) is 76.1 cm³/mol. The van der Waals surface area contributed by atoms with Gasteiger partial charge in [-0.2, -0.15) is 0 Å². The van der Waals surface area contributed by atoms with Gasteiger partial charge in [0.2, 0.25) is 5.95 Å². The van der Waals surface area contributed by atoms with Crippen molar-refractivity contribution >= 4 is 17.0 Å². The maximum Gasteiger partial charge on any atom is 0.201 e. The minimum atomic E-state index is 0.179. The largest absolute Gasteiger partial charge is 0.374 e. The molecule has 1 atom stereocenters. The highest BCUT2D eigenvalue weighted by atomic mass is 16.5. The van der Waals surface area contributed by atoms with Gasteiger partial charge in [0.25, 0.3) is 0 Å². The van der Waals surface area contributed by atoms with E-state index >= 15 is 0 Å². The fourth-order valence-corrected chi connectivity index (χ4v) is 2.75. The molecule has 19 heavy (non-hydrogen) atoms. The van der Waals surface area contributed by atoms with Gasteiger partial charge < -0.3 is 19.9 Å². The van der Waals surface area contributed by atoms with E-state index in [4.69, 9.17) is 10.5 Å². The molecule has 1 aromatic carbocycles. The standard InChI is InChI=1S/C14H20N4O/c1-10-4-3-5-12-13(10)18(14(15)16-12)9-11-8-17(2)6-7-19-11/h3-5,11H,6-9H2,1-2H3,(H2,15,16). The summed E-state index contributed by atoms with van der Waals surface area (Å²) in [6.07, 6.45) is 0.179. The van der Waals surface area contributed by atoms with Crippen molar-refractivity contribution in [2.24, 2.45) is 0 Å². The van der Waals surface area contributed by atoms with Crippen molar-refractivity contribution in [2.75, 3.05) is 32.5 Å². The van der Waals surface area contributed by atoms with Gasteiger partial charge in [-0.25, -0.2) is 4.98 Å². The number of rotatable bonds is 2. The maximum atomic E-state index is 6.06. The zero-order chi connectivity index (χ0) is 13.4. The number of likely N-dealkylation sites (N-methyl/N-ethyl adjacent to an activating group) is 1. The third-order valence-corrected chi connectivity index (χ3v) is 3.73. The molecule has 1 saturated heterocycles. The molecule has 2 N–H and O–H groups in total. The van der Waals surface area contributed by atoms with Crippen LogP contribution < -0.4 is 5.73 Å². The number of imidazole rings is 1. The minimum absolute atomic E-state index is 0.179. The zero-order valence-corrected chi connectivity index (χ0v) is 11.5. The number of hydrogen-bond donors (Lipinski definition) is 1. The van der Waals surface area contributed by atoms with Gasteiger partial charge in [0, 0.05) is 13.1 Å². The second-order valence-corrected chi connectivity index (χ2v) is 5.28. The highest BCUT2D eigenvalue weighted by Crippen LogP contribution is 2.22. The summed E-state index contributed by atoms with van der Waals surface area (Å²) in [5.74, 6) is 0.570. The average molecular weight is 260 g/mol. The molecule has 0 radical (unpaired) electrons. The van der Waals surface area contributed by atoms with Crippen molar-refractivity contribution in [3.8, 4) is 0 Å². The van der Waals surface area contributed by atoms with E-state index in [0.29, 0.717) is 5.95 Å². The number of aryl methyl sites for hydroxylation is 1. The Morgan fingerprint density at radius 2 is 2.32 bits per heavy atom. The Kier molecular flexibility index (Phi) is 3.16. The maximum absolute atomic E-state index is 6.06. The second kappa shape index (κ2) is 4.83. The van der Waals surface area contributed by atoms with Crippen LogP contribution in [0.5, 0.6) is 0 Å². The van der Waals surface area contributed by atoms with Gasteiger partial charge in [-0.05, 0) is 25.6 Å². The van der Waals surface area contributed by atoms with E-state index in [1.165, 1.54) is 5.56 Å². The van der Waals surface area contributed by atoms with Gasteiger partial charge in [0.05, 0.1) is 30.3 Å². The number of para-hydroxylation sites is 1. The number of benzene rings is 1. The summed E-state index contributed by atoms with van der Waals surface area (Å²) < 4.78 is 7.90. The molecule has 1 aliphatic rings. The summed E-state index contributed by atoms with van der Waals surface area (Å²) in [7, 11) is 2.12. The summed E-state index contributed by atoms with van der Waals surface area (Å²) in [5.41, 5.74) is 9.34. The van der Waals surface area contributed by atoms with Crippen molar-refractivity contribution in [3.63, 3.8) is 0 Å². The lowest BCUT2D eigenvalue weighted by Crippen LogP contribution is -2.42. The normalized spacial score (nSPS) is 21.1. The molecule has 0 amide bonds. The van der Waals surface area contributed by atoms with Crippen LogP contribution in [0.2, 0.25) is 0 Å². The Bertz CT molecular complexity index is 592. The molecule has 0 bridgehead atoms. The first-order valence-corrected chi connectivity index (χ1v) is 6.66. The highest BCUT2D eigenvalue weighted by Gasteiger charge is 2.20. The molecule has 102 valence electrons. The van der Waals surface area contributed by atoms with Gasteiger partial charge in [0.15, 0.2) is 0 Å². The third kappa shape index (κ3) is 2.31. The summed E-state index contributed by atoms with van der Waals surface area (Å²) in [4.78, 5) is 6.72. The molecule has 3 rings (SSSR count). The van der Waals surface area contributed by atoms with Gasteiger partial charge in [0.1, 0.15) is 0 Å². The van der Waals surface area contributed by atoms with Crippen LogP contribution in [0.1, 0.15) is 5.56 Å². The van der Waals surface area contributed by atoms with Crippen LogP contribution in [0, 0.1) is 6.92 Å². The van der Waals surface area contributed by atoms with Gasteiger partial charge in [-0.15, -0.1) is 0 Å². The number of fused-ring (bicyclic) bond motifs is 1. The molecular formula is C14H20N4O. The number of ether oxygens (including phenoxy) is 1. The quantitative estimate of drug-likeness (QED) is 0.883. The first kappa shape index (κ1) is 12.4. The fraction of sp³-hybridized carbons (Fsp3) is 0.500. The SMILES string of the molecule is Cc1cccc2nc(N)n(CC3CN(C)CCO3)c12. The second-order valence-electron chi connectivity index (χ2n) is 5.28. The van der Waals surface area contributed by atoms with E-state index in [9.17, 15) is 0 Å². The Balaban J connectivity index is 1.94. The lowest BCUT2D eigenvalue weighted by molar-refractivity contribution is -0.0267. The summed E-state index contributed by atoms with van der Waals surface area (Å²) in [5, 5.41) is 0. The van der Waals surface area contributed by atoms with E-state index in [1.54, 1.807) is 0 Å². The molecule has 1 fully saturated rings. The number of nitrogens with zero attached hydrogens (tertiary/aromatic N) is 3. The lowest BCUT2D eigenvalue weighted by atomic mass is 10.2. The Labute approximate surface area is 113 Å². The van der Waals surface area contributed by atoms with E-state index in [1.807, 2.05) is 12.1 Å². The topological polar surface area (TPSA) is 56.3 Å². The van der Waals surface area contributed by atoms with Crippen molar-refractivity contribution in [2.45, 2.75) is 19.6 Å². The molecule has 2 aromatic rings. The number of aromatic nitrogens is 2. The van der Waals surface area contributed by atoms with E-state index in [2.05, 4.69) is 34.5 Å². The Morgan fingerprint density at radius 1 is 1.47 bits per heavy atom. The number of nitrogen functional groups attached to an aromatic ring is 1. The fourth-order valence-electron chi connectivity index (χ4n) is 2.75. The van der Waals surface area contributed by atoms with Gasteiger partial charge >= 0.3 is 0 Å². The molecule has 0 saturated carbocycles. The molecular weight excluding hydrogens is 240 g/mol. The number of hydrogen-bond acceptors (Lipinski definition) is 4. The molecule has 1 unspecified atom stereocenters. The Morgan fingerprint density at radius 3 is 3.11 bits per heavy atom. The van der Waals surface area contributed by atoms with Crippen LogP contribution in [0.15, 0.2) is 18.2 Å². The molecule has 5 heteroatoms. The first-order chi connectivity index (χ1) is 9.15. The first-order valence-electron chi connectivity index (χ1n) is 6.66. The van der Waals surface area contributed by atoms with Crippen molar-refractivity contribution in [1.29, 1.82) is 0 Å². The van der Waals surface area contributed by atoms with Crippen LogP contribution in [0.3, 0.4) is 0 Å². The van der Waals surface area contributed by atoms with Crippen LogP contribution in [-0.4, -0.2) is 47.3 Å². The number of nitrogens with two attached hydrogens (primary N) is 1. The Hall–Kier alpha value is -1.59. The average Bonchev–Trinajstić information content (AvgIpc) is 2.67. The van der Waals surface area contributed by atoms with E-state index < -0.39 is 0 Å². The van der Waals surface area contributed by atoms with Crippen molar-refractivity contribution in [1.82, 2.24) is 14.5 Å². The summed E-state index contributed by atoms with van der Waals surface area (Å²) in [6, 6.07) is 6.11. The third-order valence-electron chi connectivity index (χ3n) is 3.73. The predicted octanol–water partition coefficient (Wildman–Crippen LogP) is 1.26. The molecule has 0 spiro atoms. The highest BCUT2D eigenvalue weighted by molar-refractivity contribution is 5.81. The van der Waals surface area contributed by atoms with Gasteiger partial charge in [-0.3, -0.25) is 0 Å². The monoisotopic (exact) mass is 260 g/mol. The van der Waals surface area contributed by atoms with Gasteiger partial charge in [-0.1, -0.05) is 12.1 Å². The molecule has 2 heterocycles. The van der Waals surface area contributed by atoms with Crippen molar-refractivity contribution < 1.29 is 4.74 Å². The molecule has 0 aliphatic carbocycles. The minimum Gasteiger partial charge on any atom is -0.374 e. The summed E-state index contributed by atoms with van der Waals surface area (Å²) in [6.45, 7) is 5.57. The summed E-state index contributed by atoms with van der Waals surface area (Å²) >= 11 is 0. The van der Waals surface area contributed by atoms with E-state index in [-0.39, 0.29) is 6.10 Å². The molecule has 1 aromatic heterocycles. The molecule has 5 nitrogen and oxygen atoms in total. The van der Waals surface area contributed by atoms with Crippen LogP contribution in [0.25, 0.3) is 11.0 Å². The van der Waals surface area contributed by atoms with E-state index in [0.717, 1.165) is 37.3 Å². The van der Waals surface area contributed by atoms with Crippen LogP contribution in [0.4, 0.5) is 5.95 Å². The van der Waals surface area contributed by atoms with Crippen LogP contribution >= 0.6 is 0 Å². The lowest BCUT2D eigenvalue weighted by Gasteiger charge is -2.30. The number of morpholine rings is 1.